The topological polar surface area (TPSA) is 38.0 Å². The maximum absolute atomic E-state index is 12.4. The number of nitrogens with one attached hydrogen (secondary N) is 1. The van der Waals surface area contributed by atoms with E-state index in [1.807, 2.05) is 6.92 Å². The van der Waals surface area contributed by atoms with Crippen LogP contribution in [0.3, 0.4) is 0 Å². The van der Waals surface area contributed by atoms with Crippen molar-refractivity contribution in [1.82, 2.24) is 5.43 Å². The first-order chi connectivity index (χ1) is 6.45. The van der Waals surface area contributed by atoms with Gasteiger partial charge in [-0.2, -0.15) is 13.2 Å². The van der Waals surface area contributed by atoms with Crippen molar-refractivity contribution in [2.24, 2.45) is 17.7 Å². The molecule has 2 nitrogen and oxygen atoms in total. The molecule has 0 aromatic rings. The van der Waals surface area contributed by atoms with E-state index in [9.17, 15) is 13.2 Å². The summed E-state index contributed by atoms with van der Waals surface area (Å²) < 4.78 is 37.3. The highest BCUT2D eigenvalue weighted by molar-refractivity contribution is 4.82. The van der Waals surface area contributed by atoms with Crippen LogP contribution < -0.4 is 11.3 Å². The molecule has 3 unspecified atom stereocenters. The molecular formula is C9H17F3N2. The van der Waals surface area contributed by atoms with Gasteiger partial charge < -0.3 is 0 Å². The van der Waals surface area contributed by atoms with Gasteiger partial charge in [-0.1, -0.05) is 6.42 Å². The summed E-state index contributed by atoms with van der Waals surface area (Å²) in [4.78, 5) is 0. The highest BCUT2D eigenvalue weighted by Gasteiger charge is 2.42. The van der Waals surface area contributed by atoms with Crippen LogP contribution in [0.15, 0.2) is 0 Å². The monoisotopic (exact) mass is 210 g/mol. The summed E-state index contributed by atoms with van der Waals surface area (Å²) in [7, 11) is 0. The molecule has 0 amide bonds. The molecular weight excluding hydrogens is 193 g/mol. The Balaban J connectivity index is 2.52. The number of hydrazine groups is 1. The molecule has 1 saturated carbocycles. The fourth-order valence-electron chi connectivity index (χ4n) is 2.12. The Hall–Kier alpha value is -0.290. The van der Waals surface area contributed by atoms with Crippen molar-refractivity contribution in [3.05, 3.63) is 0 Å². The van der Waals surface area contributed by atoms with Crippen molar-refractivity contribution in [3.8, 4) is 0 Å². The summed E-state index contributed by atoms with van der Waals surface area (Å²) in [6.45, 7) is 1.84. The molecule has 1 aliphatic rings. The lowest BCUT2D eigenvalue weighted by Gasteiger charge is -2.33. The van der Waals surface area contributed by atoms with E-state index in [1.54, 1.807) is 0 Å². The minimum Gasteiger partial charge on any atom is -0.271 e. The third-order valence-electron chi connectivity index (χ3n) is 3.15. The average Bonchev–Trinajstić information content (AvgIpc) is 2.15. The van der Waals surface area contributed by atoms with Crippen molar-refractivity contribution < 1.29 is 13.2 Å². The molecule has 0 aromatic carbocycles. The number of hydrogen-bond acceptors (Lipinski definition) is 2. The molecule has 3 N–H and O–H groups in total. The molecule has 0 saturated heterocycles. The number of halogens is 3. The largest absolute Gasteiger partial charge is 0.391 e. The number of alkyl halides is 3. The predicted octanol–water partition coefficient (Wildman–Crippen LogP) is 2.21. The predicted molar refractivity (Wildman–Crippen MR) is 48.3 cm³/mol. The number of hydrogen-bond donors (Lipinski definition) is 2. The number of nitrogens with two attached hydrogens (primary N) is 1. The molecule has 1 fully saturated rings. The van der Waals surface area contributed by atoms with Crippen molar-refractivity contribution in [2.45, 2.75) is 44.8 Å². The smallest absolute Gasteiger partial charge is 0.271 e. The Bertz CT molecular complexity index is 181. The fraction of sp³-hybridized carbons (Fsp3) is 1.00. The summed E-state index contributed by atoms with van der Waals surface area (Å²) in [6, 6.07) is -0.0276. The summed E-state index contributed by atoms with van der Waals surface area (Å²) in [6.07, 6.45) is -2.04. The summed E-state index contributed by atoms with van der Waals surface area (Å²) >= 11 is 0. The van der Waals surface area contributed by atoms with E-state index in [-0.39, 0.29) is 24.8 Å². The maximum atomic E-state index is 12.4. The van der Waals surface area contributed by atoms with Crippen LogP contribution >= 0.6 is 0 Å². The highest BCUT2D eigenvalue weighted by Crippen LogP contribution is 2.40. The zero-order valence-corrected chi connectivity index (χ0v) is 8.27. The molecule has 0 heterocycles. The zero-order valence-electron chi connectivity index (χ0n) is 8.27. The van der Waals surface area contributed by atoms with Gasteiger partial charge in [-0.3, -0.25) is 11.3 Å². The van der Waals surface area contributed by atoms with Gasteiger partial charge in [0.1, 0.15) is 0 Å². The molecule has 5 heteroatoms. The van der Waals surface area contributed by atoms with Crippen LogP contribution in [0.2, 0.25) is 0 Å². The lowest BCUT2D eigenvalue weighted by molar-refractivity contribution is -0.186. The van der Waals surface area contributed by atoms with Gasteiger partial charge in [0.15, 0.2) is 0 Å². The van der Waals surface area contributed by atoms with Gasteiger partial charge >= 0.3 is 6.18 Å². The van der Waals surface area contributed by atoms with Gasteiger partial charge in [0.05, 0.1) is 5.92 Å². The van der Waals surface area contributed by atoms with Gasteiger partial charge in [0.2, 0.25) is 0 Å². The Labute approximate surface area is 82.0 Å². The van der Waals surface area contributed by atoms with Crippen LogP contribution in [0.4, 0.5) is 13.2 Å². The van der Waals surface area contributed by atoms with E-state index in [0.717, 1.165) is 6.42 Å². The van der Waals surface area contributed by atoms with Crippen LogP contribution in [0.5, 0.6) is 0 Å². The zero-order chi connectivity index (χ0) is 10.8. The Kier molecular flexibility index (Phi) is 3.78. The average molecular weight is 210 g/mol. The van der Waals surface area contributed by atoms with Gasteiger partial charge in [-0.25, -0.2) is 0 Å². The summed E-state index contributed by atoms with van der Waals surface area (Å²) in [5.41, 5.74) is 2.54. The van der Waals surface area contributed by atoms with Crippen molar-refractivity contribution in [2.75, 3.05) is 0 Å². The van der Waals surface area contributed by atoms with Crippen LogP contribution in [-0.2, 0) is 0 Å². The standard InChI is InChI=1S/C9H17F3N2/c1-6(14-13)7-3-2-4-8(5-7)9(10,11)12/h6-8,14H,2-5,13H2,1H3. The lowest BCUT2D eigenvalue weighted by Crippen LogP contribution is -2.42. The second-order valence-corrected chi connectivity index (χ2v) is 4.12. The van der Waals surface area contributed by atoms with Crippen molar-refractivity contribution in [1.29, 1.82) is 0 Å². The second kappa shape index (κ2) is 4.49. The molecule has 0 bridgehead atoms. The Morgan fingerprint density at radius 3 is 2.50 bits per heavy atom. The van der Waals surface area contributed by atoms with Crippen molar-refractivity contribution >= 4 is 0 Å². The van der Waals surface area contributed by atoms with Gasteiger partial charge in [-0.15, -0.1) is 0 Å². The van der Waals surface area contributed by atoms with Crippen LogP contribution in [-0.4, -0.2) is 12.2 Å². The first-order valence-corrected chi connectivity index (χ1v) is 4.98. The molecule has 14 heavy (non-hydrogen) atoms. The Morgan fingerprint density at radius 1 is 1.36 bits per heavy atom. The summed E-state index contributed by atoms with van der Waals surface area (Å²) in [5, 5.41) is 0. The minimum absolute atomic E-state index is 0.0276. The van der Waals surface area contributed by atoms with Gasteiger partial charge in [0, 0.05) is 6.04 Å². The van der Waals surface area contributed by atoms with Gasteiger partial charge in [0.25, 0.3) is 0 Å². The normalized spacial score (nSPS) is 31.5. The van der Waals surface area contributed by atoms with Gasteiger partial charge in [-0.05, 0) is 32.1 Å². The maximum Gasteiger partial charge on any atom is 0.391 e. The summed E-state index contributed by atoms with van der Waals surface area (Å²) in [5.74, 6) is 4.15. The molecule has 0 spiro atoms. The highest BCUT2D eigenvalue weighted by atomic mass is 19.4. The van der Waals surface area contributed by atoms with Crippen LogP contribution in [0.1, 0.15) is 32.6 Å². The van der Waals surface area contributed by atoms with E-state index >= 15 is 0 Å². The second-order valence-electron chi connectivity index (χ2n) is 4.12. The molecule has 0 aromatic heterocycles. The SMILES string of the molecule is CC(NN)C1CCCC(C(F)(F)F)C1. The lowest BCUT2D eigenvalue weighted by atomic mass is 9.78. The third-order valence-corrected chi connectivity index (χ3v) is 3.15. The molecule has 3 atom stereocenters. The van der Waals surface area contributed by atoms with Crippen LogP contribution in [0.25, 0.3) is 0 Å². The molecule has 0 radical (unpaired) electrons. The molecule has 84 valence electrons. The van der Waals surface area contributed by atoms with Crippen molar-refractivity contribution in [3.63, 3.8) is 0 Å². The van der Waals surface area contributed by atoms with Crippen LogP contribution in [0, 0.1) is 11.8 Å². The quantitative estimate of drug-likeness (QED) is 0.541. The Morgan fingerprint density at radius 2 is 2.00 bits per heavy atom. The van der Waals surface area contributed by atoms with E-state index in [4.69, 9.17) is 5.84 Å². The fourth-order valence-corrected chi connectivity index (χ4v) is 2.12. The first-order valence-electron chi connectivity index (χ1n) is 4.98. The number of rotatable bonds is 2. The third kappa shape index (κ3) is 2.85. The van der Waals surface area contributed by atoms with E-state index in [0.29, 0.717) is 6.42 Å². The van der Waals surface area contributed by atoms with E-state index < -0.39 is 12.1 Å². The molecule has 1 rings (SSSR count). The minimum atomic E-state index is -4.03. The van der Waals surface area contributed by atoms with E-state index in [1.165, 1.54) is 0 Å². The van der Waals surface area contributed by atoms with E-state index in [2.05, 4.69) is 5.43 Å². The molecule has 1 aliphatic carbocycles. The molecule has 0 aliphatic heterocycles. The first kappa shape index (κ1) is 11.8.